The largest absolute Gasteiger partial charge is 0.394 e. The Bertz CT molecular complexity index is 3440. The normalized spacial score (nSPS) is 48.4. The smallest absolute Gasteiger partial charge is 0.217 e. The molecule has 10 heterocycles. The Balaban J connectivity index is 1.02. The Labute approximate surface area is 713 Å². The molecular weight excluding hydrogens is 1730 g/mol. The second-order valence-electron chi connectivity index (χ2n) is 31.7. The summed E-state index contributed by atoms with van der Waals surface area (Å²) in [6.07, 6.45) is -95.8. The molecule has 10 fully saturated rings. The first kappa shape index (κ1) is 104. The van der Waals surface area contributed by atoms with E-state index >= 15 is 0 Å². The van der Waals surface area contributed by atoms with Gasteiger partial charge in [0.15, 0.2) is 62.9 Å². The predicted octanol–water partition coefficient (Wildman–Crippen LogP) is -22.1. The van der Waals surface area contributed by atoms with Crippen LogP contribution in [-0.4, -0.2) is 540 Å². The van der Waals surface area contributed by atoms with Crippen molar-refractivity contribution in [3.05, 3.63) is 0 Å². The van der Waals surface area contributed by atoms with Crippen LogP contribution in [0.5, 0.6) is 0 Å². The molecule has 10 aliphatic heterocycles. The van der Waals surface area contributed by atoms with E-state index in [0.29, 0.717) is 0 Å². The molecule has 32 N–H and O–H groups in total. The quantitative estimate of drug-likeness (QED) is 0.0290. The average molecular weight is 1840 g/mol. The van der Waals surface area contributed by atoms with Crippen molar-refractivity contribution in [3.8, 4) is 0 Å². The van der Waals surface area contributed by atoms with E-state index in [1.165, 1.54) is 0 Å². The van der Waals surface area contributed by atoms with Gasteiger partial charge < -0.3 is 254 Å². The summed E-state index contributed by atoms with van der Waals surface area (Å²) in [5.41, 5.74) is 0. The topological polar surface area (TPSA) is 867 Å². The van der Waals surface area contributed by atoms with Crippen molar-refractivity contribution in [2.45, 2.75) is 341 Å². The summed E-state index contributed by atoms with van der Waals surface area (Å²) < 4.78 is 114. The molecule has 0 aliphatic carbocycles. The molecule has 126 heavy (non-hydrogen) atoms. The highest BCUT2D eigenvalue weighted by atomic mass is 16.8. The highest BCUT2D eigenvalue weighted by molar-refractivity contribution is 5.75. The Morgan fingerprint density at radius 1 is 0.206 bits per heavy atom. The van der Waals surface area contributed by atoms with E-state index < -0.39 is 402 Å². The fourth-order valence-electron chi connectivity index (χ4n) is 16.3. The predicted molar refractivity (Wildman–Crippen MR) is 388 cm³/mol. The van der Waals surface area contributed by atoms with E-state index in [0.717, 1.165) is 34.6 Å². The van der Waals surface area contributed by atoms with Gasteiger partial charge in [-0.1, -0.05) is 0 Å². The Kier molecular flexibility index (Phi) is 37.4. The summed E-state index contributed by atoms with van der Waals surface area (Å²) >= 11 is 0. The molecule has 56 nitrogen and oxygen atoms in total. The molecule has 0 saturated carbocycles. The molecule has 5 amide bonds. The monoisotopic (exact) mass is 1840 g/mol. The Morgan fingerprint density at radius 3 is 0.802 bits per heavy atom. The van der Waals surface area contributed by atoms with Crippen molar-refractivity contribution in [1.82, 2.24) is 26.6 Å². The number of aliphatic hydroxyl groups is 27. The zero-order valence-corrected chi connectivity index (χ0v) is 67.8. The third-order valence-electron chi connectivity index (χ3n) is 22.9. The van der Waals surface area contributed by atoms with E-state index in [1.54, 1.807) is 0 Å². The van der Waals surface area contributed by atoms with Gasteiger partial charge in [-0.3, -0.25) is 24.0 Å². The van der Waals surface area contributed by atoms with Gasteiger partial charge >= 0.3 is 0 Å². The first-order chi connectivity index (χ1) is 59.6. The molecule has 0 aromatic heterocycles. The van der Waals surface area contributed by atoms with Gasteiger partial charge in [-0.25, -0.2) is 0 Å². The summed E-state index contributed by atoms with van der Waals surface area (Å²) in [4.78, 5) is 64.3. The summed E-state index contributed by atoms with van der Waals surface area (Å²) in [5.74, 6) is -4.67. The van der Waals surface area contributed by atoms with Crippen LogP contribution >= 0.6 is 0 Å². The molecule has 0 aromatic carbocycles. The summed E-state index contributed by atoms with van der Waals surface area (Å²) in [5, 5.41) is 314. The summed E-state index contributed by atoms with van der Waals surface area (Å²) in [6, 6.07) is -9.51. The Hall–Kier alpha value is -4.49. The first-order valence-corrected chi connectivity index (χ1v) is 40.1. The highest BCUT2D eigenvalue weighted by Crippen LogP contribution is 2.41. The Morgan fingerprint density at radius 2 is 0.444 bits per heavy atom. The van der Waals surface area contributed by atoms with Gasteiger partial charge in [-0.15, -0.1) is 0 Å². The van der Waals surface area contributed by atoms with Crippen molar-refractivity contribution >= 4 is 29.5 Å². The summed E-state index contributed by atoms with van der Waals surface area (Å²) in [7, 11) is 0. The molecular formula is C70H117N5O51. The van der Waals surface area contributed by atoms with Crippen LogP contribution in [0.25, 0.3) is 0 Å². The first-order valence-electron chi connectivity index (χ1n) is 40.1. The van der Waals surface area contributed by atoms with Gasteiger partial charge in [0, 0.05) is 34.6 Å². The molecule has 0 bridgehead atoms. The number of aliphatic hydroxyl groups excluding tert-OH is 27. The number of ether oxygens (including phenoxy) is 19. The van der Waals surface area contributed by atoms with Crippen LogP contribution in [0.3, 0.4) is 0 Å². The van der Waals surface area contributed by atoms with Crippen LogP contribution in [0.2, 0.25) is 0 Å². The minimum Gasteiger partial charge on any atom is -0.394 e. The zero-order valence-electron chi connectivity index (χ0n) is 67.8. The van der Waals surface area contributed by atoms with Gasteiger partial charge in [-0.05, 0) is 0 Å². The minimum atomic E-state index is -2.65. The maximum Gasteiger partial charge on any atom is 0.217 e. The van der Waals surface area contributed by atoms with Crippen molar-refractivity contribution in [2.24, 2.45) is 0 Å². The second kappa shape index (κ2) is 45.5. The zero-order chi connectivity index (χ0) is 92.8. The molecule has 0 unspecified atom stereocenters. The van der Waals surface area contributed by atoms with Crippen LogP contribution in [0, 0.1) is 0 Å². The highest BCUT2D eigenvalue weighted by Gasteiger charge is 2.62. The van der Waals surface area contributed by atoms with Crippen LogP contribution in [0.1, 0.15) is 34.6 Å². The van der Waals surface area contributed by atoms with E-state index in [4.69, 9.17) is 90.0 Å². The fraction of sp³-hybridized carbons (Fsp3) is 0.929. The molecule has 0 spiro atoms. The number of hydrogen-bond acceptors (Lipinski definition) is 51. The van der Waals surface area contributed by atoms with Crippen molar-refractivity contribution in [2.75, 3.05) is 66.1 Å². The third kappa shape index (κ3) is 22.9. The van der Waals surface area contributed by atoms with Gasteiger partial charge in [0.25, 0.3) is 0 Å². The maximum absolute atomic E-state index is 13.1. The lowest BCUT2D eigenvalue weighted by Gasteiger charge is -2.51. The molecule has 56 heteroatoms. The van der Waals surface area contributed by atoms with Gasteiger partial charge in [0.1, 0.15) is 244 Å². The molecule has 0 aromatic rings. The molecule has 0 radical (unpaired) electrons. The van der Waals surface area contributed by atoms with Gasteiger partial charge in [-0.2, -0.15) is 0 Å². The fourth-order valence-corrected chi connectivity index (χ4v) is 16.3. The molecule has 50 atom stereocenters. The van der Waals surface area contributed by atoms with Gasteiger partial charge in [0.05, 0.1) is 66.1 Å². The SMILES string of the molecule is CC(=O)N[C@@H]1[C@@H](O)[C@H](O[C@@H]2O[C@H](CO)[C@@H](O[C@@H]3O[C@H](CO[C@H]4O[C@H](CO)[C@@H](O[C@@H]5O[C@H](CO)[C@@H](O[C@@H]6O[C@H](CO)[C@H](O)[C@H](O)[C@H]6O)[C@H](O)[C@H]5NC(C)=O)[C@H](O)[C@@H]4O[C@@H]4O[C@H](CO)[C@@H](O)[C@H](O)[C@H]4NC(C)=O)[C@@H](O)[C@H](O[C@H]4O[C@H](CO)[C@@H](O)[C@H](O)[C@@H]4O[C@@H]4O[C@H](CO)[C@@H](O[C@@H]5O[C@H](CO)[C@H](O)[C@H](O)[C@H]5O)[C@H](O)[C@H]4NC(C)=O)[C@@H]3O)[C@H](O)[C@H]2NC(C)=O)[C@@H](CO)O[C@H]1O. The number of rotatable bonds is 33. The number of amides is 5. The van der Waals surface area contributed by atoms with Crippen LogP contribution in [-0.2, 0) is 114 Å². The maximum atomic E-state index is 13.1. The van der Waals surface area contributed by atoms with E-state index in [2.05, 4.69) is 26.6 Å². The number of nitrogens with one attached hydrogen (secondary N) is 5. The van der Waals surface area contributed by atoms with E-state index in [1.807, 2.05) is 0 Å². The van der Waals surface area contributed by atoms with Crippen LogP contribution < -0.4 is 26.6 Å². The number of carbonyl (C=O) groups excluding carboxylic acids is 5. The van der Waals surface area contributed by atoms with E-state index in [-0.39, 0.29) is 0 Å². The molecule has 10 saturated heterocycles. The lowest BCUT2D eigenvalue weighted by Crippen LogP contribution is -2.71. The van der Waals surface area contributed by atoms with Crippen molar-refractivity contribution in [1.29, 1.82) is 0 Å². The lowest BCUT2D eigenvalue weighted by molar-refractivity contribution is -0.400. The van der Waals surface area contributed by atoms with Crippen molar-refractivity contribution < 1.29 is 252 Å². The third-order valence-corrected chi connectivity index (χ3v) is 22.9. The lowest BCUT2D eigenvalue weighted by atomic mass is 9.93. The van der Waals surface area contributed by atoms with Crippen molar-refractivity contribution in [3.63, 3.8) is 0 Å². The standard InChI is InChI=1S/C70H117N5O51/c1-16(85)71-31-42(96)53(25(10-80)109-61(31)107)119-63-33(73-18(3)87)44(98)56(28(13-83)114-63)123-68-52(106)58(124-70-59(48(102)39(93)24(9-79)113-70)125-65-35(75-20(5)89)45(99)55(27(12-82)116-65)122-67-50(104)47(101)38(92)23(8-78)112-67)40(94)30(118-68)15-108-69-60(126-62-32(72-17(2)86)41(95)36(90)21(6-76)110-62)51(105)57(29(14-84)117-69)120-64-34(74-19(4)88)43(97)54(26(11-81)115-64)121-66-49(103)46(100)37(91)22(7-77)111-66/h21-70,76-84,90-107H,6-15H2,1-5H3,(H,71,85)(H,72,86)(H,73,87)(H,74,88)(H,75,89)/t21-,22-,23-,24-,25-,26-,27-,28-,29-,30-,31-,32-,33-,34-,35-,36-,37+,38+,39-,40-,41-,42-,43-,44-,45-,46+,47+,48+,49-,50-,51+,52+,53-,54-,55-,56-,57-,58+,59+,60+,61-,62+,63+,64+,65+,66+,67+,68+,69+,70-/m1/s1. The number of carbonyl (C=O) groups is 5. The van der Waals surface area contributed by atoms with Gasteiger partial charge in [0.2, 0.25) is 29.5 Å². The average Bonchev–Trinajstić information content (AvgIpc) is 0.768. The summed E-state index contributed by atoms with van der Waals surface area (Å²) in [6.45, 7) is -6.74. The minimum absolute atomic E-state index is 0.810. The van der Waals surface area contributed by atoms with Crippen LogP contribution in [0.15, 0.2) is 0 Å². The molecule has 10 rings (SSSR count). The van der Waals surface area contributed by atoms with Crippen LogP contribution in [0.4, 0.5) is 0 Å². The molecule has 10 aliphatic rings. The molecule has 728 valence electrons. The number of hydrogen-bond donors (Lipinski definition) is 32. The van der Waals surface area contributed by atoms with E-state index in [9.17, 15) is 162 Å². The second-order valence-corrected chi connectivity index (χ2v) is 31.7.